The van der Waals surface area contributed by atoms with Gasteiger partial charge in [0.1, 0.15) is 6.29 Å². The van der Waals surface area contributed by atoms with Gasteiger partial charge in [-0.25, -0.2) is 0 Å². The highest BCUT2D eigenvalue weighted by molar-refractivity contribution is 6.20. The van der Waals surface area contributed by atoms with E-state index in [0.29, 0.717) is 29.7 Å². The van der Waals surface area contributed by atoms with Crippen molar-refractivity contribution in [1.29, 1.82) is 0 Å². The minimum atomic E-state index is -0.404. The third-order valence-corrected chi connectivity index (χ3v) is 5.15. The Morgan fingerprint density at radius 1 is 0.852 bits per heavy atom. The molecule has 4 nitrogen and oxygen atoms in total. The van der Waals surface area contributed by atoms with Gasteiger partial charge in [-0.2, -0.15) is 0 Å². The first-order valence-electron chi connectivity index (χ1n) is 9.08. The van der Waals surface area contributed by atoms with Crippen LogP contribution >= 0.6 is 0 Å². The fraction of sp³-hybridized carbons (Fsp3) is 0.174. The van der Waals surface area contributed by atoms with Crippen LogP contribution in [0.4, 0.5) is 0 Å². The van der Waals surface area contributed by atoms with Crippen LogP contribution in [0.25, 0.3) is 10.8 Å². The van der Waals surface area contributed by atoms with E-state index in [4.69, 9.17) is 0 Å². The van der Waals surface area contributed by atoms with Crippen molar-refractivity contribution in [2.24, 2.45) is 0 Å². The molecule has 0 N–H and O–H groups in total. The molecule has 3 aromatic rings. The third kappa shape index (κ3) is 3.04. The molecule has 4 rings (SSSR count). The summed E-state index contributed by atoms with van der Waals surface area (Å²) in [5.41, 5.74) is 1.29. The van der Waals surface area contributed by atoms with Crippen molar-refractivity contribution < 1.29 is 14.4 Å². The molecule has 0 spiro atoms. The third-order valence-electron chi connectivity index (χ3n) is 5.15. The smallest absolute Gasteiger partial charge is 0.255 e. The van der Waals surface area contributed by atoms with E-state index in [2.05, 4.69) is 0 Å². The van der Waals surface area contributed by atoms with Crippen LogP contribution in [0.1, 0.15) is 39.1 Å². The SMILES string of the molecule is O=CC1CCCN1C(=O)c1ccccc1C(=O)c1cccc2ccccc12. The second-order valence-electron chi connectivity index (χ2n) is 6.75. The van der Waals surface area contributed by atoms with Crippen molar-refractivity contribution in [3.63, 3.8) is 0 Å². The maximum Gasteiger partial charge on any atom is 0.255 e. The summed E-state index contributed by atoms with van der Waals surface area (Å²) >= 11 is 0. The molecule has 27 heavy (non-hydrogen) atoms. The summed E-state index contributed by atoms with van der Waals surface area (Å²) in [7, 11) is 0. The molecular formula is C23H19NO3. The average molecular weight is 357 g/mol. The number of aldehydes is 1. The van der Waals surface area contributed by atoms with Gasteiger partial charge < -0.3 is 9.69 Å². The monoisotopic (exact) mass is 357 g/mol. The van der Waals surface area contributed by atoms with Crippen LogP contribution in [0.15, 0.2) is 66.7 Å². The number of carbonyl (C=O) groups is 3. The number of carbonyl (C=O) groups excluding carboxylic acids is 3. The summed E-state index contributed by atoms with van der Waals surface area (Å²) < 4.78 is 0. The molecule has 1 aliphatic rings. The Labute approximate surface area is 157 Å². The molecule has 1 atom stereocenters. The van der Waals surface area contributed by atoms with Crippen LogP contribution in [0.5, 0.6) is 0 Å². The van der Waals surface area contributed by atoms with Crippen molar-refractivity contribution >= 4 is 28.7 Å². The first-order valence-corrected chi connectivity index (χ1v) is 9.08. The highest BCUT2D eigenvalue weighted by atomic mass is 16.2. The van der Waals surface area contributed by atoms with Crippen molar-refractivity contribution in [3.05, 3.63) is 83.4 Å². The molecule has 3 aromatic carbocycles. The normalized spacial score (nSPS) is 16.4. The lowest BCUT2D eigenvalue weighted by Gasteiger charge is -2.21. The zero-order valence-corrected chi connectivity index (χ0v) is 14.8. The Bertz CT molecular complexity index is 1040. The van der Waals surface area contributed by atoms with Gasteiger partial charge in [-0.15, -0.1) is 0 Å². The first kappa shape index (κ1) is 17.2. The number of ketones is 1. The molecule has 1 fully saturated rings. The van der Waals surface area contributed by atoms with Gasteiger partial charge in [-0.3, -0.25) is 9.59 Å². The van der Waals surface area contributed by atoms with E-state index in [1.807, 2.05) is 36.4 Å². The van der Waals surface area contributed by atoms with E-state index in [1.54, 1.807) is 35.2 Å². The highest BCUT2D eigenvalue weighted by Gasteiger charge is 2.31. The van der Waals surface area contributed by atoms with E-state index in [1.165, 1.54) is 0 Å². The summed E-state index contributed by atoms with van der Waals surface area (Å²) in [6.45, 7) is 0.541. The lowest BCUT2D eigenvalue weighted by atomic mass is 9.94. The maximum absolute atomic E-state index is 13.3. The summed E-state index contributed by atoms with van der Waals surface area (Å²) in [6.07, 6.45) is 2.29. The lowest BCUT2D eigenvalue weighted by molar-refractivity contribution is -0.111. The van der Waals surface area contributed by atoms with E-state index in [0.717, 1.165) is 23.5 Å². The molecule has 0 aliphatic carbocycles. The molecule has 0 radical (unpaired) electrons. The Morgan fingerprint density at radius 3 is 2.33 bits per heavy atom. The summed E-state index contributed by atoms with van der Waals surface area (Å²) in [4.78, 5) is 39.2. The standard InChI is InChI=1S/C23H19NO3/c25-15-17-9-6-14-24(17)23(27)21-12-4-3-11-20(21)22(26)19-13-5-8-16-7-1-2-10-18(16)19/h1-5,7-8,10-13,15,17H,6,9,14H2. The Balaban J connectivity index is 1.78. The fourth-order valence-electron chi connectivity index (χ4n) is 3.78. The van der Waals surface area contributed by atoms with Gasteiger partial charge in [0.15, 0.2) is 5.78 Å². The van der Waals surface area contributed by atoms with Crippen LogP contribution in [-0.2, 0) is 4.79 Å². The molecule has 1 saturated heterocycles. The van der Waals surface area contributed by atoms with Crippen LogP contribution in [0.2, 0.25) is 0 Å². The zero-order valence-electron chi connectivity index (χ0n) is 14.8. The minimum Gasteiger partial charge on any atom is -0.329 e. The maximum atomic E-state index is 13.3. The van der Waals surface area contributed by atoms with Gasteiger partial charge in [0, 0.05) is 17.7 Å². The number of amides is 1. The molecule has 0 aromatic heterocycles. The molecule has 0 saturated carbocycles. The van der Waals surface area contributed by atoms with Crippen LogP contribution < -0.4 is 0 Å². The lowest BCUT2D eigenvalue weighted by Crippen LogP contribution is -2.37. The van der Waals surface area contributed by atoms with Crippen LogP contribution in [-0.4, -0.2) is 35.5 Å². The molecule has 0 bridgehead atoms. The second-order valence-corrected chi connectivity index (χ2v) is 6.75. The first-order chi connectivity index (χ1) is 13.2. The van der Waals surface area contributed by atoms with Crippen molar-refractivity contribution in [3.8, 4) is 0 Å². The fourth-order valence-corrected chi connectivity index (χ4v) is 3.78. The van der Waals surface area contributed by atoms with Crippen molar-refractivity contribution in [2.45, 2.75) is 18.9 Å². The molecule has 1 unspecified atom stereocenters. The second kappa shape index (κ2) is 7.16. The van der Waals surface area contributed by atoms with E-state index in [-0.39, 0.29) is 11.7 Å². The summed E-state index contributed by atoms with van der Waals surface area (Å²) in [5, 5.41) is 1.84. The topological polar surface area (TPSA) is 54.5 Å². The van der Waals surface area contributed by atoms with Gasteiger partial charge in [0.2, 0.25) is 0 Å². The number of fused-ring (bicyclic) bond motifs is 1. The number of nitrogens with zero attached hydrogens (tertiary/aromatic N) is 1. The molecule has 134 valence electrons. The number of likely N-dealkylation sites (tertiary alicyclic amines) is 1. The van der Waals surface area contributed by atoms with Crippen LogP contribution in [0.3, 0.4) is 0 Å². The van der Waals surface area contributed by atoms with E-state index >= 15 is 0 Å². The molecular weight excluding hydrogens is 338 g/mol. The van der Waals surface area contributed by atoms with Gasteiger partial charge in [0.05, 0.1) is 11.6 Å². The van der Waals surface area contributed by atoms with Crippen LogP contribution in [0, 0.1) is 0 Å². The Kier molecular flexibility index (Phi) is 4.55. The number of hydrogen-bond donors (Lipinski definition) is 0. The Hall–Kier alpha value is -3.27. The highest BCUT2D eigenvalue weighted by Crippen LogP contribution is 2.25. The minimum absolute atomic E-state index is 0.183. The molecule has 1 heterocycles. The molecule has 1 amide bonds. The van der Waals surface area contributed by atoms with Gasteiger partial charge in [-0.05, 0) is 29.7 Å². The average Bonchev–Trinajstić information content (AvgIpc) is 3.21. The summed E-state index contributed by atoms with van der Waals surface area (Å²) in [6, 6.07) is 19.8. The van der Waals surface area contributed by atoms with Crippen molar-refractivity contribution in [2.75, 3.05) is 6.54 Å². The van der Waals surface area contributed by atoms with E-state index in [9.17, 15) is 14.4 Å². The van der Waals surface area contributed by atoms with Gasteiger partial charge >= 0.3 is 0 Å². The zero-order chi connectivity index (χ0) is 18.8. The van der Waals surface area contributed by atoms with Crippen molar-refractivity contribution in [1.82, 2.24) is 4.90 Å². The molecule has 4 heteroatoms. The number of benzene rings is 3. The number of hydrogen-bond acceptors (Lipinski definition) is 3. The Morgan fingerprint density at radius 2 is 1.52 bits per heavy atom. The van der Waals surface area contributed by atoms with Gasteiger partial charge in [-0.1, -0.05) is 60.7 Å². The largest absolute Gasteiger partial charge is 0.329 e. The van der Waals surface area contributed by atoms with E-state index < -0.39 is 6.04 Å². The predicted molar refractivity (Wildman–Crippen MR) is 104 cm³/mol. The molecule has 1 aliphatic heterocycles. The predicted octanol–water partition coefficient (Wildman–Crippen LogP) is 3.87. The quantitative estimate of drug-likeness (QED) is 0.526. The van der Waals surface area contributed by atoms with Gasteiger partial charge in [0.25, 0.3) is 5.91 Å². The number of rotatable bonds is 4. The summed E-state index contributed by atoms with van der Waals surface area (Å²) in [5.74, 6) is -0.439.